The second-order valence-electron chi connectivity index (χ2n) is 6.13. The SMILES string of the molecule is Cc1ccc(CCN/C=C(/C#N)C(=O)Nc2ccc(C)cc2C)cc1. The highest BCUT2D eigenvalue weighted by Crippen LogP contribution is 2.16. The lowest BCUT2D eigenvalue weighted by molar-refractivity contribution is -0.112. The number of nitrogens with zero attached hydrogens (tertiary/aromatic N) is 1. The standard InChI is InChI=1S/C21H23N3O/c1-15-4-7-18(8-5-15)10-11-23-14-19(13-22)21(25)24-20-9-6-16(2)12-17(20)3/h4-9,12,14,23H,10-11H2,1-3H3,(H,24,25)/b19-14-. The third-order valence-electron chi connectivity index (χ3n) is 3.92. The number of carbonyl (C=O) groups is 1. The zero-order valence-corrected chi connectivity index (χ0v) is 14.9. The first-order valence-corrected chi connectivity index (χ1v) is 8.27. The Labute approximate surface area is 149 Å². The number of nitrogens with one attached hydrogen (secondary N) is 2. The molecule has 2 aromatic carbocycles. The molecular weight excluding hydrogens is 310 g/mol. The lowest BCUT2D eigenvalue weighted by Crippen LogP contribution is -2.18. The van der Waals surface area contributed by atoms with E-state index in [0.717, 1.165) is 23.2 Å². The molecule has 0 saturated carbocycles. The normalized spacial score (nSPS) is 10.9. The first kappa shape index (κ1) is 18.3. The molecule has 0 heterocycles. The van der Waals surface area contributed by atoms with Crippen LogP contribution in [-0.4, -0.2) is 12.5 Å². The van der Waals surface area contributed by atoms with Crippen LogP contribution in [0.4, 0.5) is 5.69 Å². The molecule has 0 atom stereocenters. The summed E-state index contributed by atoms with van der Waals surface area (Å²) in [5.74, 6) is -0.405. The average molecular weight is 333 g/mol. The van der Waals surface area contributed by atoms with E-state index in [9.17, 15) is 10.1 Å². The van der Waals surface area contributed by atoms with E-state index in [1.54, 1.807) is 0 Å². The van der Waals surface area contributed by atoms with Crippen molar-refractivity contribution < 1.29 is 4.79 Å². The molecule has 0 bridgehead atoms. The van der Waals surface area contributed by atoms with Gasteiger partial charge in [-0.15, -0.1) is 0 Å². The minimum Gasteiger partial charge on any atom is -0.389 e. The van der Waals surface area contributed by atoms with Crippen molar-refractivity contribution in [1.29, 1.82) is 5.26 Å². The molecule has 4 nitrogen and oxygen atoms in total. The molecule has 0 spiro atoms. The van der Waals surface area contributed by atoms with Gasteiger partial charge in [0.05, 0.1) is 0 Å². The van der Waals surface area contributed by atoms with E-state index in [4.69, 9.17) is 0 Å². The summed E-state index contributed by atoms with van der Waals surface area (Å²) in [6.07, 6.45) is 2.31. The first-order valence-electron chi connectivity index (χ1n) is 8.27. The summed E-state index contributed by atoms with van der Waals surface area (Å²) in [7, 11) is 0. The molecule has 2 rings (SSSR count). The van der Waals surface area contributed by atoms with E-state index in [0.29, 0.717) is 6.54 Å². The Morgan fingerprint density at radius 1 is 1.08 bits per heavy atom. The highest BCUT2D eigenvalue weighted by Gasteiger charge is 2.10. The zero-order chi connectivity index (χ0) is 18.2. The first-order chi connectivity index (χ1) is 12.0. The molecule has 128 valence electrons. The fourth-order valence-electron chi connectivity index (χ4n) is 2.44. The van der Waals surface area contributed by atoms with Gasteiger partial charge < -0.3 is 10.6 Å². The maximum atomic E-state index is 12.2. The molecule has 0 radical (unpaired) electrons. The Kier molecular flexibility index (Phi) is 6.36. The van der Waals surface area contributed by atoms with E-state index in [2.05, 4.69) is 41.8 Å². The van der Waals surface area contributed by atoms with E-state index in [-0.39, 0.29) is 5.57 Å². The molecule has 0 aliphatic heterocycles. The summed E-state index contributed by atoms with van der Waals surface area (Å²) in [5, 5.41) is 15.0. The predicted molar refractivity (Wildman–Crippen MR) is 101 cm³/mol. The Bertz CT molecular complexity index is 814. The molecule has 4 heteroatoms. The smallest absolute Gasteiger partial charge is 0.267 e. The predicted octanol–water partition coefficient (Wildman–Crippen LogP) is 3.79. The van der Waals surface area contributed by atoms with Gasteiger partial charge in [-0.25, -0.2) is 0 Å². The van der Waals surface area contributed by atoms with Crippen LogP contribution < -0.4 is 10.6 Å². The lowest BCUT2D eigenvalue weighted by atomic mass is 10.1. The quantitative estimate of drug-likeness (QED) is 0.480. The largest absolute Gasteiger partial charge is 0.389 e. The van der Waals surface area contributed by atoms with E-state index in [1.807, 2.05) is 38.1 Å². The summed E-state index contributed by atoms with van der Waals surface area (Å²) in [6, 6.07) is 16.0. The molecule has 0 aromatic heterocycles. The summed E-state index contributed by atoms with van der Waals surface area (Å²) in [4.78, 5) is 12.2. The molecular formula is C21H23N3O. The van der Waals surface area contributed by atoms with Gasteiger partial charge in [-0.2, -0.15) is 5.26 Å². The van der Waals surface area contributed by atoms with Crippen LogP contribution in [0.1, 0.15) is 22.3 Å². The van der Waals surface area contributed by atoms with Crippen LogP contribution in [0.15, 0.2) is 54.2 Å². The van der Waals surface area contributed by atoms with Crippen LogP contribution in [-0.2, 0) is 11.2 Å². The fraction of sp³-hybridized carbons (Fsp3) is 0.238. The van der Waals surface area contributed by atoms with Gasteiger partial charge in [0.2, 0.25) is 0 Å². The Hall–Kier alpha value is -3.06. The number of amides is 1. The van der Waals surface area contributed by atoms with Gasteiger partial charge in [-0.1, -0.05) is 47.5 Å². The van der Waals surface area contributed by atoms with Gasteiger partial charge in [0.15, 0.2) is 0 Å². The number of carbonyl (C=O) groups excluding carboxylic acids is 1. The van der Waals surface area contributed by atoms with Crippen LogP contribution in [0, 0.1) is 32.1 Å². The molecule has 2 aromatic rings. The monoisotopic (exact) mass is 333 g/mol. The second kappa shape index (κ2) is 8.70. The number of aryl methyl sites for hydroxylation is 3. The number of benzene rings is 2. The van der Waals surface area contributed by atoms with Crippen LogP contribution in [0.5, 0.6) is 0 Å². The van der Waals surface area contributed by atoms with Crippen LogP contribution in [0.3, 0.4) is 0 Å². The molecule has 1 amide bonds. The van der Waals surface area contributed by atoms with E-state index in [1.165, 1.54) is 17.3 Å². The highest BCUT2D eigenvalue weighted by molar-refractivity contribution is 6.06. The molecule has 0 aliphatic rings. The van der Waals surface area contributed by atoms with Crippen molar-refractivity contribution in [3.05, 3.63) is 76.5 Å². The van der Waals surface area contributed by atoms with Crippen molar-refractivity contribution >= 4 is 11.6 Å². The molecule has 0 fully saturated rings. The molecule has 0 aliphatic carbocycles. The summed E-state index contributed by atoms with van der Waals surface area (Å²) < 4.78 is 0. The lowest BCUT2D eigenvalue weighted by Gasteiger charge is -2.09. The van der Waals surface area contributed by atoms with Crippen molar-refractivity contribution in [2.24, 2.45) is 0 Å². The van der Waals surface area contributed by atoms with Gasteiger partial charge in [0.1, 0.15) is 11.6 Å². The minimum absolute atomic E-state index is 0.0591. The van der Waals surface area contributed by atoms with Crippen molar-refractivity contribution in [3.63, 3.8) is 0 Å². The third kappa shape index (κ3) is 5.50. The summed E-state index contributed by atoms with van der Waals surface area (Å²) >= 11 is 0. The van der Waals surface area contributed by atoms with Gasteiger partial charge in [0.25, 0.3) is 5.91 Å². The molecule has 2 N–H and O–H groups in total. The van der Waals surface area contributed by atoms with Crippen molar-refractivity contribution in [2.45, 2.75) is 27.2 Å². The Morgan fingerprint density at radius 3 is 2.40 bits per heavy atom. The number of hydrogen-bond donors (Lipinski definition) is 2. The summed E-state index contributed by atoms with van der Waals surface area (Å²) in [6.45, 7) is 6.64. The van der Waals surface area contributed by atoms with Gasteiger partial charge >= 0.3 is 0 Å². The number of hydrogen-bond acceptors (Lipinski definition) is 3. The minimum atomic E-state index is -0.405. The maximum Gasteiger partial charge on any atom is 0.267 e. The summed E-state index contributed by atoms with van der Waals surface area (Å²) in [5.41, 5.74) is 5.32. The van der Waals surface area contributed by atoms with Crippen LogP contribution in [0.2, 0.25) is 0 Å². The van der Waals surface area contributed by atoms with E-state index >= 15 is 0 Å². The van der Waals surface area contributed by atoms with Crippen molar-refractivity contribution in [2.75, 3.05) is 11.9 Å². The van der Waals surface area contributed by atoms with E-state index < -0.39 is 5.91 Å². The molecule has 0 unspecified atom stereocenters. The second-order valence-corrected chi connectivity index (χ2v) is 6.13. The van der Waals surface area contributed by atoms with Gasteiger partial charge in [-0.05, 0) is 44.4 Å². The number of anilines is 1. The Balaban J connectivity index is 1.91. The number of rotatable bonds is 6. The zero-order valence-electron chi connectivity index (χ0n) is 14.9. The van der Waals surface area contributed by atoms with Gasteiger partial charge in [-0.3, -0.25) is 4.79 Å². The third-order valence-corrected chi connectivity index (χ3v) is 3.92. The fourth-order valence-corrected chi connectivity index (χ4v) is 2.44. The van der Waals surface area contributed by atoms with Gasteiger partial charge in [0, 0.05) is 18.4 Å². The maximum absolute atomic E-state index is 12.2. The van der Waals surface area contributed by atoms with Crippen molar-refractivity contribution in [1.82, 2.24) is 5.32 Å². The molecule has 25 heavy (non-hydrogen) atoms. The highest BCUT2D eigenvalue weighted by atomic mass is 16.1. The van der Waals surface area contributed by atoms with Crippen molar-refractivity contribution in [3.8, 4) is 6.07 Å². The Morgan fingerprint density at radius 2 is 1.76 bits per heavy atom. The average Bonchev–Trinajstić information content (AvgIpc) is 2.59. The number of nitriles is 1. The topological polar surface area (TPSA) is 64.9 Å². The van der Waals surface area contributed by atoms with Crippen LogP contribution >= 0.6 is 0 Å². The van der Waals surface area contributed by atoms with Crippen LogP contribution in [0.25, 0.3) is 0 Å². The molecule has 0 saturated heterocycles.